The van der Waals surface area contributed by atoms with E-state index in [1.807, 2.05) is 31.2 Å². The molecule has 7 nitrogen and oxygen atoms in total. The maximum atomic E-state index is 13.1. The maximum absolute atomic E-state index is 13.1. The molecule has 1 amide bonds. The summed E-state index contributed by atoms with van der Waals surface area (Å²) in [5.41, 5.74) is 3.42. The van der Waals surface area contributed by atoms with Gasteiger partial charge in [-0.25, -0.2) is 13.1 Å². The number of fused-ring (bicyclic) bond motifs is 3. The number of benzene rings is 2. The number of rotatable bonds is 2. The smallest absolute Gasteiger partial charge is 0.264 e. The molecule has 2 aromatic carbocycles. The van der Waals surface area contributed by atoms with Crippen LogP contribution in [0.5, 0.6) is 5.75 Å². The highest BCUT2D eigenvalue weighted by molar-refractivity contribution is 7.90. The van der Waals surface area contributed by atoms with Gasteiger partial charge < -0.3 is 14.4 Å². The molecule has 1 saturated carbocycles. The van der Waals surface area contributed by atoms with Crippen molar-refractivity contribution >= 4 is 33.2 Å². The van der Waals surface area contributed by atoms with Crippen LogP contribution in [0.4, 0.5) is 5.69 Å². The predicted octanol–water partition coefficient (Wildman–Crippen LogP) is 5.90. The number of aryl methyl sites for hydroxylation is 1. The van der Waals surface area contributed by atoms with Crippen molar-refractivity contribution in [3.8, 4) is 5.75 Å². The fraction of sp³-hybridized carbons (Fsp3) is 0.516. The molecule has 5 rings (SSSR count). The minimum atomic E-state index is -3.76. The topological polar surface area (TPSA) is 84.9 Å². The van der Waals surface area contributed by atoms with Gasteiger partial charge in [0.2, 0.25) is 10.0 Å². The summed E-state index contributed by atoms with van der Waals surface area (Å²) < 4.78 is 40.2. The number of carbonyl (C=O) groups excluding carboxylic acids is 1. The summed E-state index contributed by atoms with van der Waals surface area (Å²) in [7, 11) is -3.76. The number of hydrogen-bond donors (Lipinski definition) is 1. The number of hydrogen-bond acceptors (Lipinski definition) is 6. The fourth-order valence-corrected chi connectivity index (χ4v) is 7.25. The van der Waals surface area contributed by atoms with Crippen LogP contribution in [-0.4, -0.2) is 45.9 Å². The highest BCUT2D eigenvalue weighted by Gasteiger charge is 2.38. The molecule has 1 N–H and O–H groups in total. The third-order valence-electron chi connectivity index (χ3n) is 8.31. The van der Waals surface area contributed by atoms with Crippen LogP contribution >= 0.6 is 11.6 Å². The van der Waals surface area contributed by atoms with Crippen molar-refractivity contribution in [3.05, 3.63) is 70.3 Å². The zero-order chi connectivity index (χ0) is 28.1. The Bertz CT molecular complexity index is 1350. The van der Waals surface area contributed by atoms with Gasteiger partial charge in [-0.1, -0.05) is 29.8 Å². The molecule has 2 aromatic rings. The lowest BCUT2D eigenvalue weighted by molar-refractivity contribution is -0.00840. The fourth-order valence-electron chi connectivity index (χ4n) is 6.00. The highest BCUT2D eigenvalue weighted by atomic mass is 35.5. The Morgan fingerprint density at radius 1 is 1.10 bits per heavy atom. The summed E-state index contributed by atoms with van der Waals surface area (Å²) in [6.07, 6.45) is 10.3. The van der Waals surface area contributed by atoms with Crippen LogP contribution in [-0.2, 0) is 27.8 Å². The van der Waals surface area contributed by atoms with E-state index in [1.165, 1.54) is 5.56 Å². The molecule has 3 aliphatic rings. The maximum Gasteiger partial charge on any atom is 0.264 e. The number of nitrogens with one attached hydrogen (secondary N) is 1. The molecule has 2 bridgehead atoms. The Kier molecular flexibility index (Phi) is 9.38. The van der Waals surface area contributed by atoms with Crippen molar-refractivity contribution in [2.24, 2.45) is 11.8 Å². The number of nitrogens with zero attached hydrogens (tertiary/aromatic N) is 1. The Hall–Kier alpha value is -2.55. The van der Waals surface area contributed by atoms with E-state index in [9.17, 15) is 13.2 Å². The molecule has 0 aromatic heterocycles. The summed E-state index contributed by atoms with van der Waals surface area (Å²) >= 11 is 6.31. The van der Waals surface area contributed by atoms with Crippen molar-refractivity contribution in [1.82, 2.24) is 4.72 Å². The van der Waals surface area contributed by atoms with E-state index in [-0.39, 0.29) is 11.9 Å². The number of sulfonamides is 1. The van der Waals surface area contributed by atoms with Gasteiger partial charge in [-0.05, 0) is 105 Å². The van der Waals surface area contributed by atoms with Gasteiger partial charge in [-0.2, -0.15) is 0 Å². The number of ether oxygens (including phenoxy) is 2. The first-order valence-electron chi connectivity index (χ1n) is 14.4. The molecule has 9 heteroatoms. The van der Waals surface area contributed by atoms with Crippen molar-refractivity contribution in [1.29, 1.82) is 0 Å². The molecule has 0 radical (unpaired) electrons. The molecule has 2 aliphatic heterocycles. The van der Waals surface area contributed by atoms with Gasteiger partial charge in [0, 0.05) is 30.3 Å². The van der Waals surface area contributed by atoms with E-state index in [0.29, 0.717) is 49.2 Å². The van der Waals surface area contributed by atoms with Gasteiger partial charge in [-0.15, -0.1) is 0 Å². The van der Waals surface area contributed by atoms with E-state index >= 15 is 0 Å². The van der Waals surface area contributed by atoms with Gasteiger partial charge in [0.15, 0.2) is 0 Å². The summed E-state index contributed by atoms with van der Waals surface area (Å²) in [5, 5.41) is 0.721. The zero-order valence-electron chi connectivity index (χ0n) is 23.1. The van der Waals surface area contributed by atoms with Crippen LogP contribution in [0.3, 0.4) is 0 Å². The Morgan fingerprint density at radius 3 is 2.77 bits per heavy atom. The highest BCUT2D eigenvalue weighted by Crippen LogP contribution is 2.41. The van der Waals surface area contributed by atoms with Crippen molar-refractivity contribution in [3.63, 3.8) is 0 Å². The SMILES string of the molecule is CCO[C@@H]1/C=C/CCCS(=O)(=O)NC(=O)c2ccc3c(c2)N(CCCCc2cc(Cl)ccc2CO3)C[C@@H]2CC[C@H]21. The Balaban J connectivity index is 1.52. The molecule has 0 saturated heterocycles. The van der Waals surface area contributed by atoms with E-state index in [2.05, 4.69) is 15.7 Å². The van der Waals surface area contributed by atoms with Crippen LogP contribution < -0.4 is 14.4 Å². The molecule has 0 unspecified atom stereocenters. The number of allylic oxidation sites excluding steroid dienone is 1. The van der Waals surface area contributed by atoms with Gasteiger partial charge in [0.1, 0.15) is 12.4 Å². The van der Waals surface area contributed by atoms with Crippen molar-refractivity contribution < 1.29 is 22.7 Å². The van der Waals surface area contributed by atoms with E-state index in [1.54, 1.807) is 18.2 Å². The van der Waals surface area contributed by atoms with Gasteiger partial charge in [-0.3, -0.25) is 4.79 Å². The minimum Gasteiger partial charge on any atom is -0.487 e. The first kappa shape index (κ1) is 29.0. The molecular weight excluding hydrogens is 548 g/mol. The van der Waals surface area contributed by atoms with E-state index < -0.39 is 15.9 Å². The van der Waals surface area contributed by atoms with E-state index in [4.69, 9.17) is 21.1 Å². The zero-order valence-corrected chi connectivity index (χ0v) is 24.7. The lowest BCUT2D eigenvalue weighted by Gasteiger charge is -2.44. The first-order valence-corrected chi connectivity index (χ1v) is 16.5. The third-order valence-corrected chi connectivity index (χ3v) is 9.87. The average Bonchev–Trinajstić information content (AvgIpc) is 2.93. The molecule has 40 heavy (non-hydrogen) atoms. The molecule has 1 fully saturated rings. The number of amides is 1. The predicted molar refractivity (Wildman–Crippen MR) is 159 cm³/mol. The normalized spacial score (nSPS) is 26.1. The number of carbonyl (C=O) groups is 1. The minimum absolute atomic E-state index is 0.0122. The second-order valence-corrected chi connectivity index (χ2v) is 13.3. The molecule has 3 atom stereocenters. The molecule has 1 aliphatic carbocycles. The first-order chi connectivity index (χ1) is 19.3. The lowest BCUT2D eigenvalue weighted by Crippen LogP contribution is -2.44. The molecular formula is C31H39ClN2O5S. The van der Waals surface area contributed by atoms with Crippen LogP contribution in [0.2, 0.25) is 5.02 Å². The Morgan fingerprint density at radius 2 is 1.98 bits per heavy atom. The van der Waals surface area contributed by atoms with Gasteiger partial charge >= 0.3 is 0 Å². The molecule has 0 spiro atoms. The van der Waals surface area contributed by atoms with Crippen LogP contribution in [0.25, 0.3) is 0 Å². The van der Waals surface area contributed by atoms with Crippen LogP contribution in [0.1, 0.15) is 66.9 Å². The average molecular weight is 587 g/mol. The quantitative estimate of drug-likeness (QED) is 0.441. The largest absolute Gasteiger partial charge is 0.487 e. The summed E-state index contributed by atoms with van der Waals surface area (Å²) in [6.45, 7) is 4.65. The van der Waals surface area contributed by atoms with Crippen LogP contribution in [0, 0.1) is 11.8 Å². The van der Waals surface area contributed by atoms with Gasteiger partial charge in [0.05, 0.1) is 17.5 Å². The molecule has 2 heterocycles. The van der Waals surface area contributed by atoms with Crippen molar-refractivity contribution in [2.45, 2.75) is 64.6 Å². The lowest BCUT2D eigenvalue weighted by atomic mass is 9.70. The summed E-state index contributed by atoms with van der Waals surface area (Å²) in [6, 6.07) is 11.2. The Labute approximate surface area is 242 Å². The monoisotopic (exact) mass is 586 g/mol. The van der Waals surface area contributed by atoms with Crippen molar-refractivity contribution in [2.75, 3.05) is 30.3 Å². The summed E-state index contributed by atoms with van der Waals surface area (Å²) in [4.78, 5) is 15.4. The standard InChI is InChI=1S/C31H39ClN2O5S/c1-2-38-29-9-4-3-7-17-40(36,37)33-31(35)23-12-15-30-28(19-23)34(20-24-11-14-27(24)29)16-6-5-8-22-18-26(32)13-10-25(22)21-39-30/h4,9-10,12-13,15,18-19,24,27,29H,2-3,5-8,11,14,16-17,20-21H2,1H3,(H,33,35)/b9-4+/t24-,27+,29+/m0/s1. The third kappa shape index (κ3) is 7.01. The van der Waals surface area contributed by atoms with Gasteiger partial charge in [0.25, 0.3) is 5.91 Å². The number of anilines is 1. The van der Waals surface area contributed by atoms with E-state index in [0.717, 1.165) is 61.5 Å². The second kappa shape index (κ2) is 13.0. The number of halogens is 1. The molecule has 216 valence electrons. The van der Waals surface area contributed by atoms with Crippen LogP contribution in [0.15, 0.2) is 48.6 Å². The second-order valence-electron chi connectivity index (χ2n) is 11.0. The summed E-state index contributed by atoms with van der Waals surface area (Å²) in [5.74, 6) is 0.796.